The molecule has 0 saturated carbocycles. The van der Waals surface area contributed by atoms with Crippen molar-refractivity contribution < 1.29 is 0 Å². The number of rotatable bonds is 3. The summed E-state index contributed by atoms with van der Waals surface area (Å²) in [7, 11) is 0. The van der Waals surface area contributed by atoms with E-state index in [0.29, 0.717) is 5.92 Å². The number of allylic oxidation sites excluding steroid dienone is 5. The summed E-state index contributed by atoms with van der Waals surface area (Å²) >= 11 is 0. The number of hydrogen-bond acceptors (Lipinski definition) is 0. The van der Waals surface area contributed by atoms with Crippen LogP contribution in [0.3, 0.4) is 0 Å². The minimum Gasteiger partial charge on any atom is -0.0911 e. The molecular weight excluding hydrogens is 276 g/mol. The van der Waals surface area contributed by atoms with Gasteiger partial charge in [0.2, 0.25) is 0 Å². The number of benzene rings is 2. The van der Waals surface area contributed by atoms with Crippen molar-refractivity contribution in [3.63, 3.8) is 0 Å². The molecular formula is C23H24. The summed E-state index contributed by atoms with van der Waals surface area (Å²) in [4.78, 5) is 0. The normalized spacial score (nSPS) is 17.4. The Balaban J connectivity index is 1.93. The highest BCUT2D eigenvalue weighted by Gasteiger charge is 2.19. The van der Waals surface area contributed by atoms with Crippen LogP contribution in [0.15, 0.2) is 72.8 Å². The highest BCUT2D eigenvalue weighted by Crippen LogP contribution is 2.35. The Morgan fingerprint density at radius 2 is 1.74 bits per heavy atom. The molecule has 1 atom stereocenters. The third-order valence-electron chi connectivity index (χ3n) is 4.87. The van der Waals surface area contributed by atoms with E-state index >= 15 is 0 Å². The van der Waals surface area contributed by atoms with Crippen LogP contribution in [0.5, 0.6) is 0 Å². The lowest BCUT2D eigenvalue weighted by Gasteiger charge is -2.25. The van der Waals surface area contributed by atoms with E-state index in [0.717, 1.165) is 12.0 Å². The molecule has 0 amide bonds. The van der Waals surface area contributed by atoms with Crippen LogP contribution < -0.4 is 0 Å². The van der Waals surface area contributed by atoms with Gasteiger partial charge < -0.3 is 0 Å². The van der Waals surface area contributed by atoms with Gasteiger partial charge in [0.05, 0.1) is 0 Å². The fraction of sp³-hybridized carbons (Fsp3) is 0.217. The van der Waals surface area contributed by atoms with Crippen molar-refractivity contribution in [3.8, 4) is 0 Å². The lowest BCUT2D eigenvalue weighted by molar-refractivity contribution is 0.683. The molecule has 3 rings (SSSR count). The van der Waals surface area contributed by atoms with Gasteiger partial charge >= 0.3 is 0 Å². The van der Waals surface area contributed by atoms with Gasteiger partial charge in [0.1, 0.15) is 0 Å². The zero-order valence-electron chi connectivity index (χ0n) is 14.3. The Morgan fingerprint density at radius 1 is 1.04 bits per heavy atom. The number of hydrogen-bond donors (Lipinski definition) is 0. The summed E-state index contributed by atoms with van der Waals surface area (Å²) in [5.41, 5.74) is 9.26. The van der Waals surface area contributed by atoms with Crippen LogP contribution in [0.1, 0.15) is 36.1 Å². The molecule has 0 nitrogen and oxygen atoms in total. The van der Waals surface area contributed by atoms with E-state index in [1.54, 1.807) is 0 Å². The maximum Gasteiger partial charge on any atom is -0.0147 e. The Bertz CT molecular complexity index is 802. The molecule has 0 heteroatoms. The minimum absolute atomic E-state index is 0.547. The number of aryl methyl sites for hydroxylation is 1. The number of fused-ring (bicyclic) bond motifs is 1. The van der Waals surface area contributed by atoms with Crippen LogP contribution in [0.2, 0.25) is 0 Å². The lowest BCUT2D eigenvalue weighted by atomic mass is 9.79. The third kappa shape index (κ3) is 3.07. The summed E-state index contributed by atoms with van der Waals surface area (Å²) in [6, 6.07) is 17.2. The Kier molecular flexibility index (Phi) is 4.34. The maximum atomic E-state index is 4.26. The van der Waals surface area contributed by atoms with Gasteiger partial charge in [-0.1, -0.05) is 74.2 Å². The first-order valence-electron chi connectivity index (χ1n) is 8.30. The predicted octanol–water partition coefficient (Wildman–Crippen LogP) is 6.23. The molecule has 0 spiro atoms. The second kappa shape index (κ2) is 6.42. The second-order valence-corrected chi connectivity index (χ2v) is 6.52. The van der Waals surface area contributed by atoms with Gasteiger partial charge in [-0.05, 0) is 65.2 Å². The van der Waals surface area contributed by atoms with Gasteiger partial charge in [0, 0.05) is 0 Å². The molecule has 0 heterocycles. The van der Waals surface area contributed by atoms with Gasteiger partial charge in [-0.25, -0.2) is 0 Å². The van der Waals surface area contributed by atoms with Crippen molar-refractivity contribution in [2.24, 2.45) is 5.92 Å². The van der Waals surface area contributed by atoms with Crippen molar-refractivity contribution in [1.82, 2.24) is 0 Å². The molecule has 23 heavy (non-hydrogen) atoms. The quantitative estimate of drug-likeness (QED) is 0.589. The lowest BCUT2D eigenvalue weighted by Crippen LogP contribution is -2.11. The molecule has 0 aliphatic heterocycles. The largest absolute Gasteiger partial charge is 0.0911 e. The van der Waals surface area contributed by atoms with E-state index in [-0.39, 0.29) is 0 Å². The van der Waals surface area contributed by atoms with Crippen LogP contribution in [-0.4, -0.2) is 0 Å². The van der Waals surface area contributed by atoms with E-state index in [2.05, 4.69) is 88.0 Å². The standard InChI is InChI=1S/C23H24/c1-16-9-5-7-11-21(16)17(2)13-14-22-18(3)15-20-10-6-8-12-23(20)19(22)4/h5-14,18H,2,15H2,1,3-4H3/b14-13-. The molecule has 2 aromatic rings. The van der Waals surface area contributed by atoms with Crippen LogP contribution in [-0.2, 0) is 6.42 Å². The van der Waals surface area contributed by atoms with Crippen LogP contribution in [0, 0.1) is 12.8 Å². The molecule has 116 valence electrons. The van der Waals surface area contributed by atoms with Gasteiger partial charge in [-0.3, -0.25) is 0 Å². The average Bonchev–Trinajstić information content (AvgIpc) is 2.55. The Morgan fingerprint density at radius 3 is 2.52 bits per heavy atom. The van der Waals surface area contributed by atoms with Crippen molar-refractivity contribution in [2.75, 3.05) is 0 Å². The summed E-state index contributed by atoms with van der Waals surface area (Å²) < 4.78 is 0. The van der Waals surface area contributed by atoms with E-state index in [1.807, 2.05) is 0 Å². The Labute approximate surface area is 139 Å². The fourth-order valence-electron chi connectivity index (χ4n) is 3.53. The monoisotopic (exact) mass is 300 g/mol. The Hall–Kier alpha value is -2.34. The minimum atomic E-state index is 0.547. The summed E-state index contributed by atoms with van der Waals surface area (Å²) in [6.45, 7) is 10.9. The van der Waals surface area contributed by atoms with Gasteiger partial charge in [-0.2, -0.15) is 0 Å². The van der Waals surface area contributed by atoms with Crippen LogP contribution in [0.4, 0.5) is 0 Å². The summed E-state index contributed by atoms with van der Waals surface area (Å²) in [5, 5.41) is 0. The first kappa shape index (κ1) is 15.6. The van der Waals surface area contributed by atoms with Crippen LogP contribution in [0.25, 0.3) is 11.1 Å². The summed E-state index contributed by atoms with van der Waals surface area (Å²) in [6.07, 6.45) is 5.56. The zero-order chi connectivity index (χ0) is 16.4. The van der Waals surface area contributed by atoms with Crippen molar-refractivity contribution in [2.45, 2.75) is 27.2 Å². The average molecular weight is 300 g/mol. The molecule has 1 aliphatic rings. The SMILES string of the molecule is C=C(/C=C\C1=C(C)c2ccccc2CC1C)c1ccccc1C. The predicted molar refractivity (Wildman–Crippen MR) is 101 cm³/mol. The zero-order valence-corrected chi connectivity index (χ0v) is 14.3. The molecule has 1 aliphatic carbocycles. The first-order valence-corrected chi connectivity index (χ1v) is 8.30. The fourth-order valence-corrected chi connectivity index (χ4v) is 3.53. The van der Waals surface area contributed by atoms with Gasteiger partial charge in [-0.15, -0.1) is 0 Å². The van der Waals surface area contributed by atoms with E-state index in [4.69, 9.17) is 0 Å². The molecule has 2 aromatic carbocycles. The highest BCUT2D eigenvalue weighted by molar-refractivity contribution is 5.78. The van der Waals surface area contributed by atoms with Crippen molar-refractivity contribution in [3.05, 3.63) is 95.1 Å². The maximum absolute atomic E-state index is 4.26. The molecule has 0 radical (unpaired) electrons. The van der Waals surface area contributed by atoms with Gasteiger partial charge in [0.25, 0.3) is 0 Å². The smallest absolute Gasteiger partial charge is 0.0147 e. The molecule has 0 saturated heterocycles. The van der Waals surface area contributed by atoms with Crippen molar-refractivity contribution in [1.29, 1.82) is 0 Å². The van der Waals surface area contributed by atoms with Gasteiger partial charge in [0.15, 0.2) is 0 Å². The highest BCUT2D eigenvalue weighted by atomic mass is 14.2. The summed E-state index contributed by atoms with van der Waals surface area (Å²) in [5.74, 6) is 0.547. The molecule has 0 fully saturated rings. The third-order valence-corrected chi connectivity index (χ3v) is 4.87. The topological polar surface area (TPSA) is 0 Å². The van der Waals surface area contributed by atoms with E-state index < -0.39 is 0 Å². The molecule has 1 unspecified atom stereocenters. The van der Waals surface area contributed by atoms with E-state index in [9.17, 15) is 0 Å². The van der Waals surface area contributed by atoms with E-state index in [1.165, 1.54) is 33.4 Å². The second-order valence-electron chi connectivity index (χ2n) is 6.52. The first-order chi connectivity index (χ1) is 11.1. The molecule has 0 bridgehead atoms. The van der Waals surface area contributed by atoms with Crippen LogP contribution >= 0.6 is 0 Å². The molecule has 0 aromatic heterocycles. The molecule has 0 N–H and O–H groups in total. The van der Waals surface area contributed by atoms with Crippen molar-refractivity contribution >= 4 is 11.1 Å².